The molecule has 0 saturated carbocycles. The molecule has 0 spiro atoms. The van der Waals surface area contributed by atoms with Gasteiger partial charge in [-0.25, -0.2) is 0 Å². The average molecular weight is 296 g/mol. The zero-order chi connectivity index (χ0) is 14.8. The predicted octanol–water partition coefficient (Wildman–Crippen LogP) is 4.56. The highest BCUT2D eigenvalue weighted by atomic mass is 32.1. The molecule has 1 aromatic heterocycles. The first-order valence-corrected chi connectivity index (χ1v) is 6.67. The molecule has 0 unspecified atom stereocenters. The Balaban J connectivity index is 2.15. The van der Waals surface area contributed by atoms with Crippen molar-refractivity contribution in [3.8, 4) is 6.07 Å². The lowest BCUT2D eigenvalue weighted by atomic mass is 10.1. The predicted molar refractivity (Wildman–Crippen MR) is 72.5 cm³/mol. The number of alkyl halides is 3. The van der Waals surface area contributed by atoms with E-state index in [-0.39, 0.29) is 0 Å². The number of hydrogen-bond donors (Lipinski definition) is 1. The van der Waals surface area contributed by atoms with Gasteiger partial charge in [-0.1, -0.05) is 6.07 Å². The Kier molecular flexibility index (Phi) is 4.00. The second-order valence-corrected chi connectivity index (χ2v) is 5.29. The van der Waals surface area contributed by atoms with E-state index in [4.69, 9.17) is 5.26 Å². The number of rotatable bonds is 3. The molecule has 2 nitrogen and oxygen atoms in total. The molecular weight excluding hydrogens is 285 g/mol. The highest BCUT2D eigenvalue weighted by Crippen LogP contribution is 2.32. The number of halogens is 3. The number of anilines is 1. The maximum Gasteiger partial charge on any atom is 0.416 e. The van der Waals surface area contributed by atoms with E-state index < -0.39 is 11.7 Å². The molecule has 0 atom stereocenters. The summed E-state index contributed by atoms with van der Waals surface area (Å²) in [5.41, 5.74) is 1.09. The highest BCUT2D eigenvalue weighted by Gasteiger charge is 2.30. The number of aryl methyl sites for hydroxylation is 1. The summed E-state index contributed by atoms with van der Waals surface area (Å²) in [6.07, 6.45) is -4.35. The van der Waals surface area contributed by atoms with Crippen molar-refractivity contribution < 1.29 is 13.2 Å². The summed E-state index contributed by atoms with van der Waals surface area (Å²) in [6.45, 7) is 2.14. The SMILES string of the molecule is Cc1ccc(C(F)(F)F)cc1NCc1cc(C#N)cs1. The first-order valence-electron chi connectivity index (χ1n) is 5.79. The fourth-order valence-electron chi connectivity index (χ4n) is 1.70. The van der Waals surface area contributed by atoms with Crippen LogP contribution in [0.1, 0.15) is 21.6 Å². The summed E-state index contributed by atoms with van der Waals surface area (Å²) in [5.74, 6) is 0. The second kappa shape index (κ2) is 5.55. The van der Waals surface area contributed by atoms with Gasteiger partial charge in [-0.15, -0.1) is 11.3 Å². The number of nitriles is 1. The smallest absolute Gasteiger partial charge is 0.380 e. The van der Waals surface area contributed by atoms with Gasteiger partial charge in [0.1, 0.15) is 6.07 Å². The van der Waals surface area contributed by atoms with Crippen LogP contribution in [0.4, 0.5) is 18.9 Å². The van der Waals surface area contributed by atoms with Gasteiger partial charge in [0.25, 0.3) is 0 Å². The summed E-state index contributed by atoms with van der Waals surface area (Å²) in [4.78, 5) is 0.901. The maximum atomic E-state index is 12.7. The van der Waals surface area contributed by atoms with Crippen LogP contribution in [0.2, 0.25) is 0 Å². The van der Waals surface area contributed by atoms with E-state index in [9.17, 15) is 13.2 Å². The lowest BCUT2D eigenvalue weighted by Gasteiger charge is -2.12. The molecular formula is C14H11F3N2S. The summed E-state index contributed by atoms with van der Waals surface area (Å²) >= 11 is 1.40. The number of hydrogen-bond acceptors (Lipinski definition) is 3. The van der Waals surface area contributed by atoms with Gasteiger partial charge in [0.05, 0.1) is 11.1 Å². The monoisotopic (exact) mass is 296 g/mol. The van der Waals surface area contributed by atoms with Gasteiger partial charge < -0.3 is 5.32 Å². The fraction of sp³-hybridized carbons (Fsp3) is 0.214. The van der Waals surface area contributed by atoms with Gasteiger partial charge in [-0.3, -0.25) is 0 Å². The molecule has 1 N–H and O–H groups in total. The van der Waals surface area contributed by atoms with Gasteiger partial charge in [-0.05, 0) is 30.7 Å². The van der Waals surface area contributed by atoms with Crippen LogP contribution in [0.3, 0.4) is 0 Å². The van der Waals surface area contributed by atoms with Crippen molar-refractivity contribution in [2.75, 3.05) is 5.32 Å². The van der Waals surface area contributed by atoms with E-state index in [0.29, 0.717) is 17.8 Å². The van der Waals surface area contributed by atoms with E-state index >= 15 is 0 Å². The first kappa shape index (κ1) is 14.4. The molecule has 0 aliphatic carbocycles. The zero-order valence-corrected chi connectivity index (χ0v) is 11.4. The van der Waals surface area contributed by atoms with Gasteiger partial charge in [0.15, 0.2) is 0 Å². The number of nitrogens with zero attached hydrogens (tertiary/aromatic N) is 1. The van der Waals surface area contributed by atoms with Crippen molar-refractivity contribution >= 4 is 17.0 Å². The van der Waals surface area contributed by atoms with E-state index in [1.807, 2.05) is 6.07 Å². The van der Waals surface area contributed by atoms with Gasteiger partial charge in [-0.2, -0.15) is 18.4 Å². The Morgan fingerprint density at radius 2 is 2.05 bits per heavy atom. The van der Waals surface area contributed by atoms with Crippen LogP contribution in [0.25, 0.3) is 0 Å². The van der Waals surface area contributed by atoms with Gasteiger partial charge in [0, 0.05) is 22.5 Å². The van der Waals surface area contributed by atoms with Crippen molar-refractivity contribution in [1.29, 1.82) is 5.26 Å². The Bertz CT molecular complexity index is 653. The second-order valence-electron chi connectivity index (χ2n) is 4.29. The van der Waals surface area contributed by atoms with Crippen LogP contribution in [0.5, 0.6) is 0 Å². The molecule has 2 aromatic rings. The summed E-state index contributed by atoms with van der Waals surface area (Å²) < 4.78 is 38.0. The van der Waals surface area contributed by atoms with Crippen molar-refractivity contribution in [3.63, 3.8) is 0 Å². The molecule has 6 heteroatoms. The largest absolute Gasteiger partial charge is 0.416 e. The van der Waals surface area contributed by atoms with Gasteiger partial charge in [0.2, 0.25) is 0 Å². The summed E-state index contributed by atoms with van der Waals surface area (Å²) in [7, 11) is 0. The lowest BCUT2D eigenvalue weighted by molar-refractivity contribution is -0.137. The average Bonchev–Trinajstić information content (AvgIpc) is 2.84. The fourth-order valence-corrected chi connectivity index (χ4v) is 2.45. The zero-order valence-electron chi connectivity index (χ0n) is 10.6. The van der Waals surface area contributed by atoms with Crippen LogP contribution in [0.15, 0.2) is 29.6 Å². The Labute approximate surface area is 118 Å². The molecule has 0 bridgehead atoms. The standard InChI is InChI=1S/C14H11F3N2S/c1-9-2-3-11(14(15,16)17)5-13(9)19-7-12-4-10(6-18)8-20-12/h2-5,8,19H,7H2,1H3. The van der Waals surface area contributed by atoms with Crippen LogP contribution in [0, 0.1) is 18.3 Å². The number of benzene rings is 1. The van der Waals surface area contributed by atoms with Crippen molar-refractivity contribution in [1.82, 2.24) is 0 Å². The molecule has 104 valence electrons. The number of nitrogens with one attached hydrogen (secondary N) is 1. The molecule has 1 aromatic carbocycles. The van der Waals surface area contributed by atoms with Crippen LogP contribution < -0.4 is 5.32 Å². The molecule has 0 radical (unpaired) electrons. The summed E-state index contributed by atoms with van der Waals surface area (Å²) in [6, 6.07) is 7.36. The first-order chi connectivity index (χ1) is 9.40. The van der Waals surface area contributed by atoms with Crippen molar-refractivity contribution in [3.05, 3.63) is 51.2 Å². The normalized spacial score (nSPS) is 11.2. The number of thiophene rings is 1. The highest BCUT2D eigenvalue weighted by molar-refractivity contribution is 7.10. The third kappa shape index (κ3) is 3.31. The molecule has 20 heavy (non-hydrogen) atoms. The molecule has 0 amide bonds. The van der Waals surface area contributed by atoms with Crippen LogP contribution >= 0.6 is 11.3 Å². The van der Waals surface area contributed by atoms with Gasteiger partial charge >= 0.3 is 6.18 Å². The van der Waals surface area contributed by atoms with E-state index in [1.165, 1.54) is 17.4 Å². The van der Waals surface area contributed by atoms with E-state index in [2.05, 4.69) is 5.32 Å². The Hall–Kier alpha value is -2.00. The molecule has 1 heterocycles. The molecule has 0 aliphatic heterocycles. The molecule has 0 saturated heterocycles. The van der Waals surface area contributed by atoms with Crippen LogP contribution in [-0.4, -0.2) is 0 Å². The molecule has 0 aliphatic rings. The Morgan fingerprint density at radius 3 is 2.65 bits per heavy atom. The Morgan fingerprint density at radius 1 is 1.30 bits per heavy atom. The van der Waals surface area contributed by atoms with E-state index in [0.717, 1.165) is 22.6 Å². The van der Waals surface area contributed by atoms with Crippen molar-refractivity contribution in [2.24, 2.45) is 0 Å². The van der Waals surface area contributed by atoms with Crippen LogP contribution in [-0.2, 0) is 12.7 Å². The lowest BCUT2D eigenvalue weighted by Crippen LogP contribution is -2.07. The minimum atomic E-state index is -4.35. The van der Waals surface area contributed by atoms with E-state index in [1.54, 1.807) is 18.4 Å². The molecule has 0 fully saturated rings. The molecule has 2 rings (SSSR count). The third-order valence-electron chi connectivity index (χ3n) is 2.80. The van der Waals surface area contributed by atoms with Crippen molar-refractivity contribution in [2.45, 2.75) is 19.6 Å². The quantitative estimate of drug-likeness (QED) is 0.901. The third-order valence-corrected chi connectivity index (χ3v) is 3.74. The maximum absolute atomic E-state index is 12.7. The minimum absolute atomic E-state index is 0.397. The summed E-state index contributed by atoms with van der Waals surface area (Å²) in [5, 5.41) is 13.4. The minimum Gasteiger partial charge on any atom is -0.380 e. The topological polar surface area (TPSA) is 35.8 Å².